The van der Waals surface area contributed by atoms with E-state index in [4.69, 9.17) is 21.4 Å². The van der Waals surface area contributed by atoms with Gasteiger partial charge < -0.3 is 0 Å². The van der Waals surface area contributed by atoms with E-state index in [2.05, 4.69) is 48.5 Å². The fraction of sp³-hybridized carbons (Fsp3) is 0.455. The Morgan fingerprint density at radius 1 is 0.692 bits per heavy atom. The highest BCUT2D eigenvalue weighted by atomic mass is 35.7. The van der Waals surface area contributed by atoms with E-state index in [1.54, 1.807) is 0 Å². The molecule has 0 amide bonds. The highest BCUT2D eigenvalue weighted by Gasteiger charge is 2.29. The molecule has 142 valence electrons. The number of hydrogen-bond acceptors (Lipinski definition) is 0. The van der Waals surface area contributed by atoms with E-state index in [1.807, 2.05) is 0 Å². The first-order chi connectivity index (χ1) is 12.6. The minimum atomic E-state index is -0.983. The molecule has 0 saturated carbocycles. The average molecular weight is 428 g/mol. The monoisotopic (exact) mass is 426 g/mol. The predicted octanol–water partition coefficient (Wildman–Crippen LogP) is 7.86. The van der Waals surface area contributed by atoms with Gasteiger partial charge in [0.05, 0.1) is 0 Å². The van der Waals surface area contributed by atoms with Gasteiger partial charge in [0, 0.05) is 11.5 Å². The van der Waals surface area contributed by atoms with Crippen LogP contribution in [0.3, 0.4) is 0 Å². The largest absolute Gasteiger partial charge is 0.159 e. The molecule has 4 heteroatoms. The van der Waals surface area contributed by atoms with Gasteiger partial charge in [-0.15, -0.1) is 0 Å². The summed E-state index contributed by atoms with van der Waals surface area (Å²) in [6.07, 6.45) is 5.21. The Bertz CT molecular complexity index is 748. The molecule has 0 aromatic heterocycles. The molecule has 2 aromatic rings. The summed E-state index contributed by atoms with van der Waals surface area (Å²) < 4.78 is 0. The van der Waals surface area contributed by atoms with Gasteiger partial charge in [-0.1, -0.05) is 69.9 Å². The smallest absolute Gasteiger partial charge is 0.0157 e. The van der Waals surface area contributed by atoms with Gasteiger partial charge in [0.1, 0.15) is 0 Å². The topological polar surface area (TPSA) is 0 Å². The molecule has 2 saturated heterocycles. The van der Waals surface area contributed by atoms with Crippen LogP contribution in [-0.2, 0) is 11.5 Å². The van der Waals surface area contributed by atoms with Crippen LogP contribution in [-0.4, -0.2) is 23.0 Å². The molecule has 0 atom stereocenters. The fourth-order valence-corrected chi connectivity index (χ4v) is 11.7. The number of benzene rings is 2. The summed E-state index contributed by atoms with van der Waals surface area (Å²) in [5.74, 6) is 7.02. The Labute approximate surface area is 170 Å². The van der Waals surface area contributed by atoms with Crippen LogP contribution in [0.2, 0.25) is 0 Å². The van der Waals surface area contributed by atoms with Gasteiger partial charge in [-0.05, 0) is 70.9 Å². The van der Waals surface area contributed by atoms with Gasteiger partial charge in [-0.3, -0.25) is 0 Å². The molecule has 26 heavy (non-hydrogen) atoms. The van der Waals surface area contributed by atoms with Gasteiger partial charge >= 0.3 is 0 Å². The van der Waals surface area contributed by atoms with Gasteiger partial charge in [0.25, 0.3) is 0 Å². The van der Waals surface area contributed by atoms with Crippen LogP contribution >= 0.6 is 39.8 Å². The van der Waals surface area contributed by atoms with Crippen molar-refractivity contribution >= 4 is 39.8 Å². The number of hydrogen-bond donors (Lipinski definition) is 0. The summed E-state index contributed by atoms with van der Waals surface area (Å²) >= 11 is 0. The first kappa shape index (κ1) is 19.1. The standard InChI is InChI=1S/C22H28Cl2S2/c23-25(12-4-5-13-25)17-19-10-11-21(18-26(24)14-6-7-15-26)22(16-19)20-8-2-1-3-9-20/h1-3,8-11,16H,4-7,12-15,17-18H2. The minimum absolute atomic E-state index is 0.952. The van der Waals surface area contributed by atoms with Gasteiger partial charge in [-0.25, -0.2) is 0 Å². The van der Waals surface area contributed by atoms with E-state index in [9.17, 15) is 0 Å². The Balaban J connectivity index is 1.67. The first-order valence-electron chi connectivity index (χ1n) is 9.65. The van der Waals surface area contributed by atoms with Gasteiger partial charge in [-0.2, -0.15) is 18.5 Å². The molecule has 4 rings (SSSR count). The van der Waals surface area contributed by atoms with Crippen LogP contribution in [0.1, 0.15) is 36.8 Å². The zero-order valence-corrected chi connectivity index (χ0v) is 18.4. The predicted molar refractivity (Wildman–Crippen MR) is 124 cm³/mol. The van der Waals surface area contributed by atoms with Crippen LogP contribution in [0, 0.1) is 0 Å². The quantitative estimate of drug-likeness (QED) is 0.456. The molecule has 2 aliphatic rings. The number of rotatable bonds is 5. The van der Waals surface area contributed by atoms with Crippen LogP contribution in [0.25, 0.3) is 11.1 Å². The van der Waals surface area contributed by atoms with Crippen molar-refractivity contribution < 1.29 is 0 Å². The molecule has 0 bridgehead atoms. The van der Waals surface area contributed by atoms with E-state index >= 15 is 0 Å². The van der Waals surface area contributed by atoms with Crippen molar-refractivity contribution in [2.75, 3.05) is 23.0 Å². The lowest BCUT2D eigenvalue weighted by Gasteiger charge is -2.30. The molecular weight excluding hydrogens is 399 g/mol. The van der Waals surface area contributed by atoms with Crippen molar-refractivity contribution in [3.05, 3.63) is 59.7 Å². The van der Waals surface area contributed by atoms with E-state index in [-0.39, 0.29) is 0 Å². The molecule has 2 aromatic carbocycles. The Morgan fingerprint density at radius 3 is 1.88 bits per heavy atom. The Morgan fingerprint density at radius 2 is 1.27 bits per heavy atom. The van der Waals surface area contributed by atoms with E-state index < -0.39 is 18.5 Å². The van der Waals surface area contributed by atoms with Crippen LogP contribution in [0.5, 0.6) is 0 Å². The molecule has 2 fully saturated rings. The second-order valence-corrected chi connectivity index (χ2v) is 17.7. The maximum atomic E-state index is 7.03. The lowest BCUT2D eigenvalue weighted by molar-refractivity contribution is 0.949. The molecule has 0 radical (unpaired) electrons. The summed E-state index contributed by atoms with van der Waals surface area (Å²) in [6.45, 7) is 0. The molecule has 2 heterocycles. The van der Waals surface area contributed by atoms with Gasteiger partial charge in [0.2, 0.25) is 0 Å². The lowest BCUT2D eigenvalue weighted by Crippen LogP contribution is -2.03. The van der Waals surface area contributed by atoms with E-state index in [1.165, 1.54) is 70.9 Å². The van der Waals surface area contributed by atoms with Crippen LogP contribution in [0.4, 0.5) is 0 Å². The zero-order chi connectivity index (χ0) is 18.0. The fourth-order valence-electron chi connectivity index (χ4n) is 4.24. The highest BCUT2D eigenvalue weighted by molar-refractivity contribution is 8.51. The normalized spacial score (nSPS) is 23.6. The third kappa shape index (κ3) is 4.41. The highest BCUT2D eigenvalue weighted by Crippen LogP contribution is 2.62. The molecule has 0 nitrogen and oxygen atoms in total. The second kappa shape index (κ2) is 7.99. The third-order valence-corrected chi connectivity index (χ3v) is 13.9. The molecule has 2 aliphatic heterocycles. The third-order valence-electron chi connectivity index (χ3n) is 5.64. The van der Waals surface area contributed by atoms with Crippen molar-refractivity contribution in [3.63, 3.8) is 0 Å². The van der Waals surface area contributed by atoms with Crippen molar-refractivity contribution in [3.8, 4) is 11.1 Å². The summed E-state index contributed by atoms with van der Waals surface area (Å²) in [7, 11) is 12.1. The minimum Gasteiger partial charge on any atom is -0.159 e. The zero-order valence-electron chi connectivity index (χ0n) is 15.3. The van der Waals surface area contributed by atoms with Crippen molar-refractivity contribution in [1.29, 1.82) is 0 Å². The molecule has 0 spiro atoms. The summed E-state index contributed by atoms with van der Waals surface area (Å²) in [5.41, 5.74) is 5.52. The first-order valence-corrected chi connectivity index (χ1v) is 15.6. The molecule has 0 aliphatic carbocycles. The Hall–Kier alpha value is -0.280. The number of halogens is 2. The Kier molecular flexibility index (Phi) is 5.86. The van der Waals surface area contributed by atoms with Gasteiger partial charge in [0.15, 0.2) is 0 Å². The summed E-state index contributed by atoms with van der Waals surface area (Å²) in [5, 5.41) is 0. The summed E-state index contributed by atoms with van der Waals surface area (Å²) in [6, 6.07) is 17.9. The molecular formula is C22H28Cl2S2. The maximum absolute atomic E-state index is 7.03. The van der Waals surface area contributed by atoms with Crippen LogP contribution in [0.15, 0.2) is 48.5 Å². The van der Waals surface area contributed by atoms with Crippen LogP contribution < -0.4 is 0 Å². The SMILES string of the molecule is ClS1(Cc2ccc(CS3(Cl)CCCC3)c(-c3ccccc3)c2)CCCC1. The second-order valence-electron chi connectivity index (χ2n) is 7.76. The molecule has 0 N–H and O–H groups in total. The van der Waals surface area contributed by atoms with E-state index in [0.29, 0.717) is 0 Å². The van der Waals surface area contributed by atoms with E-state index in [0.717, 1.165) is 11.5 Å². The average Bonchev–Trinajstić information content (AvgIpc) is 3.26. The lowest BCUT2D eigenvalue weighted by atomic mass is 9.98. The van der Waals surface area contributed by atoms with Crippen molar-refractivity contribution in [2.24, 2.45) is 0 Å². The molecule has 0 unspecified atom stereocenters. The maximum Gasteiger partial charge on any atom is 0.0157 e. The van der Waals surface area contributed by atoms with Crippen molar-refractivity contribution in [2.45, 2.75) is 37.2 Å². The van der Waals surface area contributed by atoms with Crippen molar-refractivity contribution in [1.82, 2.24) is 0 Å². The summed E-state index contributed by atoms with van der Waals surface area (Å²) in [4.78, 5) is 0.